The molecule has 0 fully saturated rings. The second kappa shape index (κ2) is 7.90. The Kier molecular flexibility index (Phi) is 5.40. The lowest BCUT2D eigenvalue weighted by molar-refractivity contribution is -0.118. The Bertz CT molecular complexity index is 908. The third kappa shape index (κ3) is 4.08. The van der Waals surface area contributed by atoms with E-state index in [-0.39, 0.29) is 30.4 Å². The molecule has 1 aliphatic rings. The highest BCUT2D eigenvalue weighted by atomic mass is 16.5. The van der Waals surface area contributed by atoms with Crippen LogP contribution in [0.25, 0.3) is 0 Å². The number of anilines is 2. The van der Waals surface area contributed by atoms with Gasteiger partial charge in [-0.05, 0) is 36.8 Å². The van der Waals surface area contributed by atoms with Gasteiger partial charge in [0, 0.05) is 18.9 Å². The molecule has 0 unspecified atom stereocenters. The van der Waals surface area contributed by atoms with Crippen LogP contribution in [0.4, 0.5) is 11.4 Å². The van der Waals surface area contributed by atoms with Crippen LogP contribution in [-0.2, 0) is 9.59 Å². The maximum absolute atomic E-state index is 12.7. The van der Waals surface area contributed by atoms with E-state index in [4.69, 9.17) is 9.47 Å². The minimum atomic E-state index is -0.372. The van der Waals surface area contributed by atoms with Gasteiger partial charge in [-0.3, -0.25) is 9.59 Å². The number of methoxy groups -OCH3 is 2. The number of nitrogens with zero attached hydrogens (tertiary/aromatic N) is 2. The molecule has 0 bridgehead atoms. The van der Waals surface area contributed by atoms with E-state index in [0.717, 1.165) is 5.56 Å². The van der Waals surface area contributed by atoms with Crippen molar-refractivity contribution >= 4 is 28.9 Å². The first kappa shape index (κ1) is 18.4. The summed E-state index contributed by atoms with van der Waals surface area (Å²) >= 11 is 0. The van der Waals surface area contributed by atoms with Crippen LogP contribution in [0.2, 0.25) is 0 Å². The largest absolute Gasteiger partial charge is 0.497 e. The van der Waals surface area contributed by atoms with Crippen molar-refractivity contribution in [1.29, 1.82) is 0 Å². The third-order valence-electron chi connectivity index (χ3n) is 4.20. The number of hydrogen-bond acceptors (Lipinski definition) is 5. The van der Waals surface area contributed by atoms with Gasteiger partial charge in [0.25, 0.3) is 5.91 Å². The first-order chi connectivity index (χ1) is 13.0. The molecule has 0 aromatic heterocycles. The molecule has 27 heavy (non-hydrogen) atoms. The number of amides is 2. The molecule has 0 aliphatic carbocycles. The van der Waals surface area contributed by atoms with Gasteiger partial charge in [0.1, 0.15) is 17.2 Å². The van der Waals surface area contributed by atoms with Gasteiger partial charge in [0.05, 0.1) is 25.6 Å². The fourth-order valence-corrected chi connectivity index (χ4v) is 2.77. The van der Waals surface area contributed by atoms with E-state index in [2.05, 4.69) is 10.4 Å². The number of hydrogen-bond donors (Lipinski definition) is 1. The molecule has 7 heteroatoms. The Morgan fingerprint density at radius 1 is 1.11 bits per heavy atom. The zero-order chi connectivity index (χ0) is 19.4. The van der Waals surface area contributed by atoms with Crippen molar-refractivity contribution in [3.8, 4) is 11.5 Å². The van der Waals surface area contributed by atoms with Gasteiger partial charge < -0.3 is 14.8 Å². The topological polar surface area (TPSA) is 80.2 Å². The van der Waals surface area contributed by atoms with E-state index in [1.807, 2.05) is 25.1 Å². The lowest BCUT2D eigenvalue weighted by atomic mass is 10.1. The highest BCUT2D eigenvalue weighted by Gasteiger charge is 2.26. The van der Waals surface area contributed by atoms with Gasteiger partial charge in [-0.15, -0.1) is 0 Å². The molecule has 0 saturated carbocycles. The van der Waals surface area contributed by atoms with E-state index < -0.39 is 0 Å². The summed E-state index contributed by atoms with van der Waals surface area (Å²) in [4.78, 5) is 24.9. The van der Waals surface area contributed by atoms with Crippen molar-refractivity contribution in [2.75, 3.05) is 24.5 Å². The zero-order valence-electron chi connectivity index (χ0n) is 15.5. The Hall–Kier alpha value is -3.35. The van der Waals surface area contributed by atoms with Crippen molar-refractivity contribution in [2.45, 2.75) is 19.8 Å². The molecule has 7 nitrogen and oxygen atoms in total. The monoisotopic (exact) mass is 367 g/mol. The van der Waals surface area contributed by atoms with Crippen LogP contribution in [0.3, 0.4) is 0 Å². The quantitative estimate of drug-likeness (QED) is 0.880. The van der Waals surface area contributed by atoms with Gasteiger partial charge in [0.2, 0.25) is 5.91 Å². The van der Waals surface area contributed by atoms with Crippen LogP contribution in [-0.4, -0.2) is 31.7 Å². The van der Waals surface area contributed by atoms with Crippen molar-refractivity contribution in [3.63, 3.8) is 0 Å². The summed E-state index contributed by atoms with van der Waals surface area (Å²) in [6.07, 6.45) is 0.505. The molecule has 140 valence electrons. The van der Waals surface area contributed by atoms with Crippen LogP contribution in [0, 0.1) is 6.92 Å². The lowest BCUT2D eigenvalue weighted by Crippen LogP contribution is -2.36. The molecule has 3 rings (SSSR count). The summed E-state index contributed by atoms with van der Waals surface area (Å²) in [5, 5.41) is 8.36. The highest BCUT2D eigenvalue weighted by molar-refractivity contribution is 6.44. The molecule has 1 heterocycles. The molecule has 2 aromatic rings. The highest BCUT2D eigenvalue weighted by Crippen LogP contribution is 2.29. The molecular weight excluding hydrogens is 346 g/mol. The summed E-state index contributed by atoms with van der Waals surface area (Å²) < 4.78 is 10.5. The molecule has 0 saturated heterocycles. The molecule has 0 atom stereocenters. The Balaban J connectivity index is 1.84. The number of carbonyl (C=O) groups excluding carboxylic acids is 2. The van der Waals surface area contributed by atoms with Crippen molar-refractivity contribution in [2.24, 2.45) is 5.10 Å². The van der Waals surface area contributed by atoms with Gasteiger partial charge in [-0.1, -0.05) is 12.1 Å². The molecule has 0 radical (unpaired) electrons. The number of nitrogens with one attached hydrogen (secondary N) is 1. The smallest absolute Gasteiger partial charge is 0.271 e. The summed E-state index contributed by atoms with van der Waals surface area (Å²) in [6, 6.07) is 12.5. The maximum atomic E-state index is 12.7. The second-order valence-electron chi connectivity index (χ2n) is 6.11. The van der Waals surface area contributed by atoms with Crippen LogP contribution < -0.4 is 19.8 Å². The molecule has 1 aliphatic heterocycles. The van der Waals surface area contributed by atoms with E-state index in [1.54, 1.807) is 31.4 Å². The number of hydrazone groups is 1. The lowest BCUT2D eigenvalue weighted by Gasteiger charge is -2.23. The number of aryl methyl sites for hydroxylation is 1. The molecule has 2 aromatic carbocycles. The number of rotatable bonds is 5. The van der Waals surface area contributed by atoms with Crippen molar-refractivity contribution in [3.05, 3.63) is 48.0 Å². The van der Waals surface area contributed by atoms with E-state index in [9.17, 15) is 9.59 Å². The van der Waals surface area contributed by atoms with E-state index in [1.165, 1.54) is 12.1 Å². The van der Waals surface area contributed by atoms with Gasteiger partial charge in [-0.2, -0.15) is 5.10 Å². The standard InChI is InChI=1S/C20H21N3O4/c1-13-5-4-6-14(11-13)23-19(24)10-9-17(22-23)20(25)21-16-8-7-15(26-2)12-18(16)27-3/h4-8,11-12H,9-10H2,1-3H3,(H,21,25). The minimum absolute atomic E-state index is 0.140. The second-order valence-corrected chi connectivity index (χ2v) is 6.11. The molecule has 0 spiro atoms. The number of ether oxygens (including phenoxy) is 2. The molecule has 2 amide bonds. The SMILES string of the molecule is COc1ccc(NC(=O)C2=NN(c3cccc(C)c3)C(=O)CC2)c(OC)c1. The van der Waals surface area contributed by atoms with Gasteiger partial charge in [0.15, 0.2) is 0 Å². The minimum Gasteiger partial charge on any atom is -0.497 e. The van der Waals surface area contributed by atoms with Gasteiger partial charge >= 0.3 is 0 Å². The summed E-state index contributed by atoms with van der Waals surface area (Å²) in [5.41, 5.74) is 2.45. The fourth-order valence-electron chi connectivity index (χ4n) is 2.77. The first-order valence-corrected chi connectivity index (χ1v) is 8.52. The first-order valence-electron chi connectivity index (χ1n) is 8.52. The summed E-state index contributed by atoms with van der Waals surface area (Å²) in [5.74, 6) is 0.588. The summed E-state index contributed by atoms with van der Waals surface area (Å²) in [6.45, 7) is 1.94. The average Bonchev–Trinajstić information content (AvgIpc) is 2.68. The summed E-state index contributed by atoms with van der Waals surface area (Å²) in [7, 11) is 3.07. The number of benzene rings is 2. The Morgan fingerprint density at radius 3 is 2.63 bits per heavy atom. The van der Waals surface area contributed by atoms with Crippen molar-refractivity contribution in [1.82, 2.24) is 0 Å². The molecule has 1 N–H and O–H groups in total. The van der Waals surface area contributed by atoms with E-state index in [0.29, 0.717) is 22.9 Å². The zero-order valence-corrected chi connectivity index (χ0v) is 15.5. The van der Waals surface area contributed by atoms with Crippen LogP contribution >= 0.6 is 0 Å². The Morgan fingerprint density at radius 2 is 1.93 bits per heavy atom. The predicted octanol–water partition coefficient (Wildman–Crippen LogP) is 3.13. The average molecular weight is 367 g/mol. The van der Waals surface area contributed by atoms with Crippen LogP contribution in [0.15, 0.2) is 47.6 Å². The fraction of sp³-hybridized carbons (Fsp3) is 0.250. The third-order valence-corrected chi connectivity index (χ3v) is 4.20. The molecular formula is C20H21N3O4. The van der Waals surface area contributed by atoms with Crippen LogP contribution in [0.5, 0.6) is 11.5 Å². The van der Waals surface area contributed by atoms with Gasteiger partial charge in [-0.25, -0.2) is 5.01 Å². The predicted molar refractivity (Wildman–Crippen MR) is 104 cm³/mol. The normalized spacial score (nSPS) is 13.8. The van der Waals surface area contributed by atoms with Crippen molar-refractivity contribution < 1.29 is 19.1 Å². The van der Waals surface area contributed by atoms with E-state index >= 15 is 0 Å². The maximum Gasteiger partial charge on any atom is 0.271 e. The number of carbonyl (C=O) groups is 2. The van der Waals surface area contributed by atoms with Crippen LogP contribution in [0.1, 0.15) is 18.4 Å². The Labute approximate surface area is 157 Å².